The van der Waals surface area contributed by atoms with E-state index in [-0.39, 0.29) is 18.6 Å². The van der Waals surface area contributed by atoms with Crippen LogP contribution in [-0.4, -0.2) is 29.6 Å². The van der Waals surface area contributed by atoms with E-state index in [0.717, 1.165) is 0 Å². The first-order valence-corrected chi connectivity index (χ1v) is 7.80. The molecule has 0 spiro atoms. The molecule has 1 atom stereocenters. The number of benzene rings is 2. The molecular weight excluding hydrogens is 306 g/mol. The summed E-state index contributed by atoms with van der Waals surface area (Å²) in [7, 11) is 0. The van der Waals surface area contributed by atoms with Crippen LogP contribution in [0.3, 0.4) is 0 Å². The normalized spacial score (nSPS) is 11.8. The van der Waals surface area contributed by atoms with E-state index in [1.54, 1.807) is 48.5 Å². The van der Waals surface area contributed by atoms with Crippen LogP contribution in [0.5, 0.6) is 5.75 Å². The van der Waals surface area contributed by atoms with Crippen LogP contribution in [0.2, 0.25) is 0 Å². The molecule has 126 valence electrons. The number of carboxylic acid groups (broad SMARTS) is 1. The summed E-state index contributed by atoms with van der Waals surface area (Å²) < 4.78 is 5.63. The van der Waals surface area contributed by atoms with Crippen molar-refractivity contribution in [3.8, 4) is 5.75 Å². The van der Waals surface area contributed by atoms with Crippen molar-refractivity contribution >= 4 is 11.9 Å². The van der Waals surface area contributed by atoms with Crippen LogP contribution in [-0.2, 0) is 4.79 Å². The van der Waals surface area contributed by atoms with E-state index in [1.807, 2.05) is 19.9 Å². The van der Waals surface area contributed by atoms with Gasteiger partial charge in [-0.25, -0.2) is 0 Å². The zero-order chi connectivity index (χ0) is 17.5. The SMILES string of the molecule is CC(C)Oc1ccccc1C(=O)NCC(C(=O)O)c1ccccc1. The highest BCUT2D eigenvalue weighted by molar-refractivity contribution is 5.97. The molecule has 5 nitrogen and oxygen atoms in total. The van der Waals surface area contributed by atoms with Crippen LogP contribution in [0, 0.1) is 0 Å². The van der Waals surface area contributed by atoms with Gasteiger partial charge in [-0.1, -0.05) is 42.5 Å². The number of hydrogen-bond donors (Lipinski definition) is 2. The monoisotopic (exact) mass is 327 g/mol. The van der Waals surface area contributed by atoms with E-state index in [2.05, 4.69) is 5.32 Å². The Labute approximate surface area is 141 Å². The van der Waals surface area contributed by atoms with Gasteiger partial charge in [0.25, 0.3) is 5.91 Å². The van der Waals surface area contributed by atoms with Crippen molar-refractivity contribution in [3.05, 3.63) is 65.7 Å². The summed E-state index contributed by atoms with van der Waals surface area (Å²) in [6.45, 7) is 3.77. The van der Waals surface area contributed by atoms with Gasteiger partial charge in [0.05, 0.1) is 17.6 Å². The van der Waals surface area contributed by atoms with Gasteiger partial charge >= 0.3 is 5.97 Å². The van der Waals surface area contributed by atoms with Gasteiger partial charge in [0.2, 0.25) is 0 Å². The third-order valence-corrected chi connectivity index (χ3v) is 3.46. The predicted octanol–water partition coefficient (Wildman–Crippen LogP) is 3.07. The molecule has 0 radical (unpaired) electrons. The summed E-state index contributed by atoms with van der Waals surface area (Å²) in [5.41, 5.74) is 1.04. The number of carbonyl (C=O) groups excluding carboxylic acids is 1. The number of carboxylic acids is 1. The second-order valence-corrected chi connectivity index (χ2v) is 5.67. The molecule has 1 amide bonds. The molecule has 0 heterocycles. The highest BCUT2D eigenvalue weighted by Crippen LogP contribution is 2.20. The van der Waals surface area contributed by atoms with E-state index in [0.29, 0.717) is 16.9 Å². The van der Waals surface area contributed by atoms with Gasteiger partial charge in [0, 0.05) is 6.54 Å². The van der Waals surface area contributed by atoms with Crippen molar-refractivity contribution in [1.82, 2.24) is 5.32 Å². The lowest BCUT2D eigenvalue weighted by molar-refractivity contribution is -0.138. The van der Waals surface area contributed by atoms with Crippen LogP contribution in [0.15, 0.2) is 54.6 Å². The van der Waals surface area contributed by atoms with E-state index in [1.165, 1.54) is 0 Å². The summed E-state index contributed by atoms with van der Waals surface area (Å²) >= 11 is 0. The number of para-hydroxylation sites is 1. The van der Waals surface area contributed by atoms with Gasteiger partial charge in [-0.3, -0.25) is 9.59 Å². The molecule has 2 aromatic rings. The third-order valence-electron chi connectivity index (χ3n) is 3.46. The number of nitrogens with one attached hydrogen (secondary N) is 1. The Balaban J connectivity index is 2.11. The van der Waals surface area contributed by atoms with Gasteiger partial charge in [0.15, 0.2) is 0 Å². The number of rotatable bonds is 7. The highest BCUT2D eigenvalue weighted by Gasteiger charge is 2.21. The Morgan fingerprint density at radius 1 is 1.04 bits per heavy atom. The zero-order valence-corrected chi connectivity index (χ0v) is 13.7. The fourth-order valence-corrected chi connectivity index (χ4v) is 2.33. The first-order valence-electron chi connectivity index (χ1n) is 7.80. The Morgan fingerprint density at radius 3 is 2.29 bits per heavy atom. The van der Waals surface area contributed by atoms with Gasteiger partial charge in [-0.15, -0.1) is 0 Å². The minimum atomic E-state index is -0.979. The molecule has 2 aromatic carbocycles. The van der Waals surface area contributed by atoms with Crippen molar-refractivity contribution in [2.75, 3.05) is 6.54 Å². The van der Waals surface area contributed by atoms with Crippen LogP contribution in [0.1, 0.15) is 35.7 Å². The van der Waals surface area contributed by atoms with Gasteiger partial charge in [0.1, 0.15) is 5.75 Å². The molecule has 2 N–H and O–H groups in total. The molecule has 2 rings (SSSR count). The maximum Gasteiger partial charge on any atom is 0.312 e. The Morgan fingerprint density at radius 2 is 1.67 bits per heavy atom. The lowest BCUT2D eigenvalue weighted by Crippen LogP contribution is -2.32. The molecule has 0 aromatic heterocycles. The van der Waals surface area contributed by atoms with Crippen molar-refractivity contribution in [2.45, 2.75) is 25.9 Å². The zero-order valence-electron chi connectivity index (χ0n) is 13.7. The highest BCUT2D eigenvalue weighted by atomic mass is 16.5. The molecule has 0 aliphatic heterocycles. The van der Waals surface area contributed by atoms with Crippen LogP contribution < -0.4 is 10.1 Å². The molecular formula is C19H21NO4. The molecule has 0 bridgehead atoms. The lowest BCUT2D eigenvalue weighted by atomic mass is 9.99. The fourth-order valence-electron chi connectivity index (χ4n) is 2.33. The predicted molar refractivity (Wildman–Crippen MR) is 91.4 cm³/mol. The molecule has 1 unspecified atom stereocenters. The Hall–Kier alpha value is -2.82. The minimum absolute atomic E-state index is 0.00813. The maximum atomic E-state index is 12.4. The maximum absolute atomic E-state index is 12.4. The largest absolute Gasteiger partial charge is 0.490 e. The first kappa shape index (κ1) is 17.5. The number of carbonyl (C=O) groups is 2. The molecule has 0 saturated carbocycles. The molecule has 0 aliphatic rings. The standard InChI is InChI=1S/C19H21NO4/c1-13(2)24-17-11-7-6-10-15(17)18(21)20-12-16(19(22)23)14-8-4-3-5-9-14/h3-11,13,16H,12H2,1-2H3,(H,20,21)(H,22,23). The van der Waals surface area contributed by atoms with Crippen LogP contribution in [0.4, 0.5) is 0 Å². The van der Waals surface area contributed by atoms with Crippen molar-refractivity contribution < 1.29 is 19.4 Å². The molecule has 0 fully saturated rings. The Kier molecular flexibility index (Phi) is 5.95. The molecule has 24 heavy (non-hydrogen) atoms. The smallest absolute Gasteiger partial charge is 0.312 e. The number of hydrogen-bond acceptors (Lipinski definition) is 3. The lowest BCUT2D eigenvalue weighted by Gasteiger charge is -2.16. The first-order chi connectivity index (χ1) is 11.5. The average molecular weight is 327 g/mol. The van der Waals surface area contributed by atoms with Crippen LogP contribution >= 0.6 is 0 Å². The molecule has 0 saturated heterocycles. The summed E-state index contributed by atoms with van der Waals surface area (Å²) in [5.74, 6) is -1.65. The third kappa shape index (κ3) is 4.59. The van der Waals surface area contributed by atoms with E-state index in [9.17, 15) is 14.7 Å². The van der Waals surface area contributed by atoms with Crippen molar-refractivity contribution in [2.24, 2.45) is 0 Å². The summed E-state index contributed by atoms with van der Waals surface area (Å²) in [4.78, 5) is 23.9. The topological polar surface area (TPSA) is 75.6 Å². The van der Waals surface area contributed by atoms with E-state index >= 15 is 0 Å². The quantitative estimate of drug-likeness (QED) is 0.819. The summed E-state index contributed by atoms with van der Waals surface area (Å²) in [5, 5.41) is 12.1. The van der Waals surface area contributed by atoms with Crippen LogP contribution in [0.25, 0.3) is 0 Å². The fraction of sp³-hybridized carbons (Fsp3) is 0.263. The number of ether oxygens (including phenoxy) is 1. The van der Waals surface area contributed by atoms with E-state index in [4.69, 9.17) is 4.74 Å². The summed E-state index contributed by atoms with van der Waals surface area (Å²) in [6.07, 6.45) is -0.0602. The van der Waals surface area contributed by atoms with E-state index < -0.39 is 11.9 Å². The van der Waals surface area contributed by atoms with Gasteiger partial charge in [-0.2, -0.15) is 0 Å². The summed E-state index contributed by atoms with van der Waals surface area (Å²) in [6, 6.07) is 15.8. The molecule has 5 heteroatoms. The molecule has 0 aliphatic carbocycles. The van der Waals surface area contributed by atoms with Gasteiger partial charge in [-0.05, 0) is 31.5 Å². The number of amides is 1. The van der Waals surface area contributed by atoms with Gasteiger partial charge < -0.3 is 15.2 Å². The van der Waals surface area contributed by atoms with Crippen molar-refractivity contribution in [1.29, 1.82) is 0 Å². The average Bonchev–Trinajstić information content (AvgIpc) is 2.55. The Bertz CT molecular complexity index is 698. The number of aliphatic carboxylic acids is 1. The second kappa shape index (κ2) is 8.15. The minimum Gasteiger partial charge on any atom is -0.490 e. The van der Waals surface area contributed by atoms with Crippen molar-refractivity contribution in [3.63, 3.8) is 0 Å². The second-order valence-electron chi connectivity index (χ2n) is 5.67.